The molecule has 5 heteroatoms. The molecule has 0 aromatic heterocycles. The van der Waals surface area contributed by atoms with E-state index in [1.165, 1.54) is 0 Å². The van der Waals surface area contributed by atoms with Crippen LogP contribution in [0.25, 0.3) is 0 Å². The predicted octanol–water partition coefficient (Wildman–Crippen LogP) is 0.181. The molecule has 1 fully saturated rings. The summed E-state index contributed by atoms with van der Waals surface area (Å²) >= 11 is -1.93. The third-order valence-corrected chi connectivity index (χ3v) is 4.16. The van der Waals surface area contributed by atoms with E-state index in [1.54, 1.807) is 0 Å². The molecule has 0 aromatic rings. The van der Waals surface area contributed by atoms with Crippen molar-refractivity contribution in [2.75, 3.05) is 0 Å². The van der Waals surface area contributed by atoms with Crippen LogP contribution in [0, 0.1) is 0 Å². The van der Waals surface area contributed by atoms with Gasteiger partial charge in [0.1, 0.15) is 0 Å². The van der Waals surface area contributed by atoms with Gasteiger partial charge in [0.15, 0.2) is 0 Å². The second-order valence-corrected chi connectivity index (χ2v) is 4.86. The summed E-state index contributed by atoms with van der Waals surface area (Å²) in [6.45, 7) is 0. The summed E-state index contributed by atoms with van der Waals surface area (Å²) in [5.41, 5.74) is 0. The number of rotatable bonds is 0. The summed E-state index contributed by atoms with van der Waals surface area (Å²) in [6.07, 6.45) is 2.35. The average Bonchev–Trinajstić information content (AvgIpc) is 2.04. The average molecular weight is 349 g/mol. The van der Waals surface area contributed by atoms with Crippen LogP contribution in [-0.4, -0.2) is 37.1 Å². The first-order valence-electron chi connectivity index (χ1n) is 3.50. The van der Waals surface area contributed by atoms with Crippen molar-refractivity contribution < 1.29 is 15.0 Å². The van der Waals surface area contributed by atoms with E-state index < -0.39 is 25.1 Å². The summed E-state index contributed by atoms with van der Waals surface area (Å²) in [7, 11) is 0. The first kappa shape index (κ1) is 8.95. The van der Waals surface area contributed by atoms with Crippen molar-refractivity contribution >= 4 is 37.1 Å². The summed E-state index contributed by atoms with van der Waals surface area (Å²) < 4.78 is 9.52. The number of hydrogen-bond donors (Lipinski definition) is 0. The molecule has 0 amide bonds. The van der Waals surface area contributed by atoms with E-state index in [2.05, 4.69) is 0 Å². The monoisotopic (exact) mass is 349 g/mol. The van der Waals surface area contributed by atoms with Crippen LogP contribution in [0.1, 0.15) is 25.7 Å². The molecule has 0 N–H and O–H groups in total. The zero-order chi connectivity index (χ0) is 8.10. The standard InChI is InChI=1S/C6H10O4.Tl/c7-5(8)3-1-2-4-6(9)10;/h1-4H2,(H,7,8)(H,9,10);/q;+2/p-2. The van der Waals surface area contributed by atoms with Crippen molar-refractivity contribution in [3.05, 3.63) is 0 Å². The summed E-state index contributed by atoms with van der Waals surface area (Å²) in [6, 6.07) is 0. The Bertz CT molecular complexity index is 150. The molecule has 1 saturated heterocycles. The van der Waals surface area contributed by atoms with E-state index >= 15 is 0 Å². The number of hydrogen-bond acceptors (Lipinski definition) is 4. The minimum absolute atomic E-state index is 0.199. The fraction of sp³-hybridized carbons (Fsp3) is 0.667. The van der Waals surface area contributed by atoms with E-state index in [0.29, 0.717) is 12.8 Å². The van der Waals surface area contributed by atoms with Crippen LogP contribution < -0.4 is 0 Å². The van der Waals surface area contributed by atoms with Gasteiger partial charge in [0.25, 0.3) is 0 Å². The maximum atomic E-state index is 10.7. The van der Waals surface area contributed by atoms with E-state index in [4.69, 9.17) is 5.37 Å². The Labute approximate surface area is 77.8 Å². The Kier molecular flexibility index (Phi) is 3.81. The molecule has 1 aliphatic heterocycles. The van der Waals surface area contributed by atoms with Gasteiger partial charge in [-0.1, -0.05) is 0 Å². The molecule has 11 heavy (non-hydrogen) atoms. The van der Waals surface area contributed by atoms with Crippen LogP contribution in [0.3, 0.4) is 0 Å². The molecule has 0 saturated carbocycles. The van der Waals surface area contributed by atoms with E-state index in [0.717, 1.165) is 12.8 Å². The van der Waals surface area contributed by atoms with Crippen molar-refractivity contribution in [3.8, 4) is 0 Å². The fourth-order valence-electron chi connectivity index (χ4n) is 0.788. The third kappa shape index (κ3) is 3.68. The summed E-state index contributed by atoms with van der Waals surface area (Å²) in [5, 5.41) is 0. The van der Waals surface area contributed by atoms with Crippen molar-refractivity contribution in [1.29, 1.82) is 0 Å². The molecule has 0 aliphatic carbocycles. The van der Waals surface area contributed by atoms with Crippen LogP contribution in [0.15, 0.2) is 0 Å². The number of carbonyl (C=O) groups is 2. The first-order chi connectivity index (χ1) is 5.29. The van der Waals surface area contributed by atoms with Gasteiger partial charge >= 0.3 is 77.7 Å². The van der Waals surface area contributed by atoms with Crippen LogP contribution in [0.2, 0.25) is 0 Å². The fourth-order valence-corrected chi connectivity index (χ4v) is 2.73. The van der Waals surface area contributed by atoms with Crippen molar-refractivity contribution in [2.24, 2.45) is 0 Å². The Balaban J connectivity index is 2.35. The molecule has 1 heterocycles. The van der Waals surface area contributed by atoms with Crippen LogP contribution in [0.4, 0.5) is 0 Å². The van der Waals surface area contributed by atoms with Gasteiger partial charge in [0, 0.05) is 0 Å². The van der Waals surface area contributed by atoms with Gasteiger partial charge in [-0.3, -0.25) is 0 Å². The van der Waals surface area contributed by atoms with E-state index in [1.807, 2.05) is 0 Å². The third-order valence-electron chi connectivity index (χ3n) is 1.37. The molecule has 4 nitrogen and oxygen atoms in total. The molecule has 1 aliphatic rings. The van der Waals surface area contributed by atoms with Gasteiger partial charge in [-0.05, 0) is 0 Å². The molecule has 0 unspecified atom stereocenters. The Morgan fingerprint density at radius 3 is 1.91 bits per heavy atom. The van der Waals surface area contributed by atoms with Gasteiger partial charge in [-0.25, -0.2) is 0 Å². The van der Waals surface area contributed by atoms with Crippen molar-refractivity contribution in [1.82, 2.24) is 0 Å². The van der Waals surface area contributed by atoms with E-state index in [9.17, 15) is 9.59 Å². The van der Waals surface area contributed by atoms with Gasteiger partial charge in [0.2, 0.25) is 0 Å². The Morgan fingerprint density at radius 2 is 1.45 bits per heavy atom. The normalized spacial score (nSPS) is 19.3. The first-order valence-corrected chi connectivity index (χ1v) is 7.16. The SMILES string of the molecule is O=C1CCCCC(=O)[O][Tl][O]1. The number of carbonyl (C=O) groups excluding carboxylic acids is 2. The summed E-state index contributed by atoms with van der Waals surface area (Å²) in [5.74, 6) is -0.399. The van der Waals surface area contributed by atoms with Crippen molar-refractivity contribution in [3.63, 3.8) is 0 Å². The minimum atomic E-state index is -1.93. The zero-order valence-electron chi connectivity index (χ0n) is 6.04. The predicted molar refractivity (Wildman–Crippen MR) is 36.4 cm³/mol. The molecule has 0 atom stereocenters. The molecule has 0 bridgehead atoms. The van der Waals surface area contributed by atoms with Crippen molar-refractivity contribution in [2.45, 2.75) is 25.7 Å². The summed E-state index contributed by atoms with van der Waals surface area (Å²) in [4.78, 5) is 21.5. The molecule has 1 rings (SSSR count). The topological polar surface area (TPSA) is 52.6 Å². The molecule has 0 aromatic carbocycles. The van der Waals surface area contributed by atoms with Gasteiger partial charge in [0.05, 0.1) is 0 Å². The zero-order valence-corrected chi connectivity index (χ0v) is 10.5. The quantitative estimate of drug-likeness (QED) is 0.586. The van der Waals surface area contributed by atoms with Crippen LogP contribution in [-0.2, 0) is 15.0 Å². The molecule has 0 spiro atoms. The second-order valence-electron chi connectivity index (χ2n) is 2.28. The van der Waals surface area contributed by atoms with Gasteiger partial charge in [-0.2, -0.15) is 0 Å². The Hall–Kier alpha value is -0.138. The van der Waals surface area contributed by atoms with Gasteiger partial charge in [-0.15, -0.1) is 0 Å². The van der Waals surface area contributed by atoms with Crippen LogP contribution >= 0.6 is 0 Å². The Morgan fingerprint density at radius 1 is 1.00 bits per heavy atom. The van der Waals surface area contributed by atoms with Gasteiger partial charge < -0.3 is 0 Å². The molecule has 0 radical (unpaired) electrons. The van der Waals surface area contributed by atoms with E-state index in [-0.39, 0.29) is 11.9 Å². The second kappa shape index (κ2) is 4.68. The molecular weight excluding hydrogens is 340 g/mol. The maximum absolute atomic E-state index is 10.7. The van der Waals surface area contributed by atoms with Crippen LogP contribution in [0.5, 0.6) is 0 Å². The molecule has 59 valence electrons. The molecular formula is C6H8O4Tl.